The Labute approximate surface area is 134 Å². The van der Waals surface area contributed by atoms with Crippen LogP contribution in [0.1, 0.15) is 19.4 Å². The molecule has 1 unspecified atom stereocenters. The Bertz CT molecular complexity index is 752. The standard InChI is InChI=1S/C15H19NO4S2/c1-11(2)14(16(18)10-17)9-22(19,20)8-12-3-4-15-13(7-12)5-6-21-15/h3-7,10-11,14,18H,8-9H2,1-2H3. The summed E-state index contributed by atoms with van der Waals surface area (Å²) in [6.45, 7) is 3.54. The molecule has 0 aliphatic carbocycles. The fraction of sp³-hybridized carbons (Fsp3) is 0.400. The summed E-state index contributed by atoms with van der Waals surface area (Å²) < 4.78 is 25.8. The van der Waals surface area contributed by atoms with E-state index >= 15 is 0 Å². The van der Waals surface area contributed by atoms with Crippen molar-refractivity contribution in [1.29, 1.82) is 0 Å². The van der Waals surface area contributed by atoms with E-state index in [0.717, 1.165) is 10.1 Å². The lowest BCUT2D eigenvalue weighted by molar-refractivity contribution is -0.161. The molecule has 1 aromatic heterocycles. The van der Waals surface area contributed by atoms with Crippen LogP contribution in [0.5, 0.6) is 0 Å². The van der Waals surface area contributed by atoms with Crippen molar-refractivity contribution in [2.45, 2.75) is 25.6 Å². The van der Waals surface area contributed by atoms with Gasteiger partial charge in [0.15, 0.2) is 9.84 Å². The number of nitrogens with zero attached hydrogens (tertiary/aromatic N) is 1. The maximum atomic E-state index is 12.4. The third-order valence-electron chi connectivity index (χ3n) is 3.55. The number of hydrogen-bond donors (Lipinski definition) is 1. The summed E-state index contributed by atoms with van der Waals surface area (Å²) in [4.78, 5) is 10.7. The van der Waals surface area contributed by atoms with E-state index in [4.69, 9.17) is 0 Å². The van der Waals surface area contributed by atoms with Crippen molar-refractivity contribution in [2.24, 2.45) is 5.92 Å². The first kappa shape index (κ1) is 16.9. The molecule has 0 aliphatic heterocycles. The second-order valence-corrected chi connectivity index (χ2v) is 8.70. The van der Waals surface area contributed by atoms with Crippen LogP contribution in [0, 0.1) is 5.92 Å². The van der Waals surface area contributed by atoms with Gasteiger partial charge in [0.1, 0.15) is 0 Å². The Kier molecular flexibility index (Phi) is 5.20. The molecule has 1 N–H and O–H groups in total. The van der Waals surface area contributed by atoms with Crippen LogP contribution in [0.3, 0.4) is 0 Å². The minimum absolute atomic E-state index is 0.102. The smallest absolute Gasteiger partial charge is 0.233 e. The zero-order chi connectivity index (χ0) is 16.3. The monoisotopic (exact) mass is 341 g/mol. The highest BCUT2D eigenvalue weighted by Gasteiger charge is 2.26. The van der Waals surface area contributed by atoms with Gasteiger partial charge < -0.3 is 0 Å². The first-order valence-corrected chi connectivity index (χ1v) is 9.61. The molecular formula is C15H19NO4S2. The molecule has 0 fully saturated rings. The van der Waals surface area contributed by atoms with Crippen molar-refractivity contribution in [2.75, 3.05) is 5.75 Å². The van der Waals surface area contributed by atoms with Gasteiger partial charge in [0.05, 0.1) is 17.5 Å². The Morgan fingerprint density at radius 3 is 2.68 bits per heavy atom. The molecule has 0 aliphatic rings. The summed E-state index contributed by atoms with van der Waals surface area (Å²) in [5.74, 6) is -0.527. The number of carbonyl (C=O) groups excluding carboxylic acids is 1. The average Bonchev–Trinajstić information content (AvgIpc) is 2.90. The SMILES string of the molecule is CC(C)C(CS(=O)(=O)Cc1ccc2sccc2c1)N(O)C=O. The van der Waals surface area contributed by atoms with Gasteiger partial charge in [0.2, 0.25) is 6.41 Å². The maximum Gasteiger partial charge on any atom is 0.233 e. The summed E-state index contributed by atoms with van der Waals surface area (Å²) >= 11 is 1.61. The van der Waals surface area contributed by atoms with Gasteiger partial charge in [-0.25, -0.2) is 13.5 Å². The van der Waals surface area contributed by atoms with E-state index in [2.05, 4.69) is 0 Å². The van der Waals surface area contributed by atoms with Crippen molar-refractivity contribution in [3.63, 3.8) is 0 Å². The molecule has 0 saturated carbocycles. The summed E-state index contributed by atoms with van der Waals surface area (Å²) in [6, 6.07) is 6.79. The number of carbonyl (C=O) groups is 1. The number of thiophene rings is 1. The van der Waals surface area contributed by atoms with E-state index in [1.54, 1.807) is 31.3 Å². The largest absolute Gasteiger partial charge is 0.286 e. The van der Waals surface area contributed by atoms with Gasteiger partial charge in [0.25, 0.3) is 0 Å². The molecule has 1 amide bonds. The number of rotatable bonds is 7. The van der Waals surface area contributed by atoms with Crippen molar-refractivity contribution >= 4 is 37.7 Å². The molecule has 120 valence electrons. The molecule has 1 atom stereocenters. The van der Waals surface area contributed by atoms with E-state index < -0.39 is 15.9 Å². The number of benzene rings is 1. The molecule has 0 radical (unpaired) electrons. The second-order valence-electron chi connectivity index (χ2n) is 5.64. The van der Waals surface area contributed by atoms with Gasteiger partial charge in [0, 0.05) is 4.70 Å². The Hall–Kier alpha value is -1.44. The molecule has 0 saturated heterocycles. The van der Waals surface area contributed by atoms with Gasteiger partial charge in [-0.1, -0.05) is 19.9 Å². The fourth-order valence-corrected chi connectivity index (χ4v) is 4.97. The van der Waals surface area contributed by atoms with Gasteiger partial charge >= 0.3 is 0 Å². The molecule has 0 bridgehead atoms. The van der Waals surface area contributed by atoms with Crippen LogP contribution in [-0.4, -0.2) is 36.9 Å². The molecule has 5 nitrogen and oxygen atoms in total. The highest BCUT2D eigenvalue weighted by Crippen LogP contribution is 2.23. The van der Waals surface area contributed by atoms with Gasteiger partial charge in [-0.2, -0.15) is 0 Å². The number of hydroxylamine groups is 2. The Balaban J connectivity index is 2.17. The molecule has 0 spiro atoms. The summed E-state index contributed by atoms with van der Waals surface area (Å²) in [5.41, 5.74) is 0.712. The van der Waals surface area contributed by atoms with E-state index in [0.29, 0.717) is 10.6 Å². The number of sulfone groups is 1. The lowest BCUT2D eigenvalue weighted by Crippen LogP contribution is -2.41. The molecule has 2 aromatic rings. The average molecular weight is 341 g/mol. The Morgan fingerprint density at radius 1 is 1.32 bits per heavy atom. The first-order chi connectivity index (χ1) is 10.3. The lowest BCUT2D eigenvalue weighted by atomic mass is 10.1. The minimum Gasteiger partial charge on any atom is -0.286 e. The highest BCUT2D eigenvalue weighted by molar-refractivity contribution is 7.90. The van der Waals surface area contributed by atoms with Crippen molar-refractivity contribution in [3.8, 4) is 0 Å². The summed E-state index contributed by atoms with van der Waals surface area (Å²) in [7, 11) is -3.44. The van der Waals surface area contributed by atoms with Crippen LogP contribution in [0.25, 0.3) is 10.1 Å². The van der Waals surface area contributed by atoms with Crippen LogP contribution in [-0.2, 0) is 20.4 Å². The van der Waals surface area contributed by atoms with E-state index in [1.807, 2.05) is 23.6 Å². The third kappa shape index (κ3) is 4.06. The lowest BCUT2D eigenvalue weighted by Gasteiger charge is -2.25. The van der Waals surface area contributed by atoms with Crippen molar-refractivity contribution in [1.82, 2.24) is 5.06 Å². The predicted octanol–water partition coefficient (Wildman–Crippen LogP) is 2.69. The number of hydrogen-bond acceptors (Lipinski definition) is 5. The zero-order valence-corrected chi connectivity index (χ0v) is 14.1. The third-order valence-corrected chi connectivity index (χ3v) is 6.07. The molecular weight excluding hydrogens is 322 g/mol. The fourth-order valence-electron chi connectivity index (χ4n) is 2.33. The minimum atomic E-state index is -3.44. The van der Waals surface area contributed by atoms with Crippen LogP contribution < -0.4 is 0 Å². The number of amides is 1. The molecule has 1 heterocycles. The molecule has 7 heteroatoms. The van der Waals surface area contributed by atoms with Crippen molar-refractivity contribution in [3.05, 3.63) is 35.2 Å². The summed E-state index contributed by atoms with van der Waals surface area (Å²) in [6.07, 6.45) is 0.248. The summed E-state index contributed by atoms with van der Waals surface area (Å²) in [5, 5.41) is 13.0. The molecule has 2 rings (SSSR count). The quantitative estimate of drug-likeness (QED) is 0.477. The van der Waals surface area contributed by atoms with E-state index in [1.165, 1.54) is 0 Å². The van der Waals surface area contributed by atoms with E-state index in [9.17, 15) is 18.4 Å². The normalized spacial score (nSPS) is 13.5. The zero-order valence-electron chi connectivity index (χ0n) is 12.5. The molecule has 1 aromatic carbocycles. The predicted molar refractivity (Wildman–Crippen MR) is 87.6 cm³/mol. The van der Waals surface area contributed by atoms with Crippen LogP contribution in [0.2, 0.25) is 0 Å². The van der Waals surface area contributed by atoms with Crippen molar-refractivity contribution < 1.29 is 18.4 Å². The molecule has 22 heavy (non-hydrogen) atoms. The van der Waals surface area contributed by atoms with E-state index in [-0.39, 0.29) is 23.8 Å². The number of fused-ring (bicyclic) bond motifs is 1. The Morgan fingerprint density at radius 2 is 2.05 bits per heavy atom. The highest BCUT2D eigenvalue weighted by atomic mass is 32.2. The second kappa shape index (κ2) is 6.76. The van der Waals surface area contributed by atoms with Crippen LogP contribution in [0.4, 0.5) is 0 Å². The topological polar surface area (TPSA) is 74.7 Å². The van der Waals surface area contributed by atoms with Crippen LogP contribution >= 0.6 is 11.3 Å². The van der Waals surface area contributed by atoms with Crippen LogP contribution in [0.15, 0.2) is 29.6 Å². The maximum absolute atomic E-state index is 12.4. The van der Waals surface area contributed by atoms with Gasteiger partial charge in [-0.15, -0.1) is 11.3 Å². The first-order valence-electron chi connectivity index (χ1n) is 6.91. The van der Waals surface area contributed by atoms with Gasteiger partial charge in [-0.3, -0.25) is 10.0 Å². The van der Waals surface area contributed by atoms with Gasteiger partial charge in [-0.05, 0) is 40.4 Å².